The van der Waals surface area contributed by atoms with Gasteiger partial charge >= 0.3 is 0 Å². The molecule has 3 heteroatoms. The lowest BCUT2D eigenvalue weighted by atomic mass is 10.0. The van der Waals surface area contributed by atoms with Crippen LogP contribution < -0.4 is 5.73 Å². The van der Waals surface area contributed by atoms with E-state index in [2.05, 4.69) is 47.1 Å². The van der Waals surface area contributed by atoms with E-state index in [4.69, 9.17) is 10.5 Å². The molecule has 3 atom stereocenters. The Balaban J connectivity index is 2.16. The van der Waals surface area contributed by atoms with Crippen LogP contribution in [0.25, 0.3) is 0 Å². The van der Waals surface area contributed by atoms with Crippen LogP contribution in [-0.2, 0) is 4.74 Å². The molecule has 2 aromatic carbocycles. The molecule has 2 aromatic rings. The number of halogens is 1. The van der Waals surface area contributed by atoms with E-state index in [1.165, 1.54) is 0 Å². The molecule has 0 aliphatic heterocycles. The normalized spacial score (nSPS) is 15.6. The second-order valence-electron chi connectivity index (χ2n) is 5.02. The monoisotopic (exact) mass is 333 g/mol. The van der Waals surface area contributed by atoms with Crippen molar-refractivity contribution in [2.45, 2.75) is 32.1 Å². The van der Waals surface area contributed by atoms with Gasteiger partial charge in [0.15, 0.2) is 0 Å². The van der Waals surface area contributed by atoms with Gasteiger partial charge in [0.1, 0.15) is 0 Å². The van der Waals surface area contributed by atoms with Gasteiger partial charge in [0.25, 0.3) is 0 Å². The van der Waals surface area contributed by atoms with Crippen molar-refractivity contribution >= 4 is 15.9 Å². The molecule has 2 N–H and O–H groups in total. The second kappa shape index (κ2) is 7.02. The van der Waals surface area contributed by atoms with Crippen LogP contribution in [0, 0.1) is 0 Å². The van der Waals surface area contributed by atoms with Crippen molar-refractivity contribution in [3.63, 3.8) is 0 Å². The number of benzene rings is 2. The van der Waals surface area contributed by atoms with Crippen molar-refractivity contribution in [2.75, 3.05) is 0 Å². The van der Waals surface area contributed by atoms with Crippen molar-refractivity contribution < 1.29 is 4.74 Å². The zero-order chi connectivity index (χ0) is 14.5. The Hall–Kier alpha value is -1.16. The van der Waals surface area contributed by atoms with Crippen LogP contribution in [0.5, 0.6) is 0 Å². The van der Waals surface area contributed by atoms with Gasteiger partial charge in [-0.2, -0.15) is 0 Å². The molecular weight excluding hydrogens is 314 g/mol. The lowest BCUT2D eigenvalue weighted by Gasteiger charge is -2.26. The van der Waals surface area contributed by atoms with Gasteiger partial charge in [0, 0.05) is 10.5 Å². The maximum atomic E-state index is 6.18. The van der Waals surface area contributed by atoms with Gasteiger partial charge in [-0.05, 0) is 37.1 Å². The van der Waals surface area contributed by atoms with E-state index < -0.39 is 0 Å². The number of hydrogen-bond donors (Lipinski definition) is 1. The van der Waals surface area contributed by atoms with Crippen molar-refractivity contribution in [3.8, 4) is 0 Å². The maximum Gasteiger partial charge on any atom is 0.0981 e. The number of ether oxygens (including phenoxy) is 1. The zero-order valence-electron chi connectivity index (χ0n) is 11.8. The highest BCUT2D eigenvalue weighted by Gasteiger charge is 2.20. The minimum atomic E-state index is -0.113. The first-order chi connectivity index (χ1) is 9.58. The standard InChI is InChI=1S/C17H20BrNO/c1-12(19)17(15-8-10-16(18)11-9-15)20-13(2)14-6-4-3-5-7-14/h3-13,17H,19H2,1-2H3. The predicted molar refractivity (Wildman–Crippen MR) is 86.5 cm³/mol. The molecule has 0 amide bonds. The summed E-state index contributed by atoms with van der Waals surface area (Å²) in [5.74, 6) is 0. The van der Waals surface area contributed by atoms with Crippen LogP contribution in [0.2, 0.25) is 0 Å². The van der Waals surface area contributed by atoms with E-state index in [0.717, 1.165) is 15.6 Å². The Morgan fingerprint density at radius 2 is 1.50 bits per heavy atom. The third-order valence-electron chi connectivity index (χ3n) is 3.30. The summed E-state index contributed by atoms with van der Waals surface area (Å²) in [6.45, 7) is 4.04. The highest BCUT2D eigenvalue weighted by atomic mass is 79.9. The first-order valence-electron chi connectivity index (χ1n) is 6.79. The summed E-state index contributed by atoms with van der Waals surface area (Å²) in [5, 5.41) is 0. The van der Waals surface area contributed by atoms with E-state index in [-0.39, 0.29) is 18.2 Å². The van der Waals surface area contributed by atoms with Crippen LogP contribution in [0.4, 0.5) is 0 Å². The molecule has 0 heterocycles. The summed E-state index contributed by atoms with van der Waals surface area (Å²) in [6, 6.07) is 18.3. The van der Waals surface area contributed by atoms with E-state index >= 15 is 0 Å². The molecule has 0 spiro atoms. The SMILES string of the molecule is CC(OC(c1ccc(Br)cc1)C(C)N)c1ccccc1. The summed E-state index contributed by atoms with van der Waals surface area (Å²) < 4.78 is 7.24. The molecule has 0 aliphatic carbocycles. The van der Waals surface area contributed by atoms with E-state index in [1.54, 1.807) is 0 Å². The molecule has 0 aromatic heterocycles. The van der Waals surface area contributed by atoms with Gasteiger partial charge in [-0.15, -0.1) is 0 Å². The topological polar surface area (TPSA) is 35.2 Å². The number of nitrogens with two attached hydrogens (primary N) is 1. The number of rotatable bonds is 5. The van der Waals surface area contributed by atoms with E-state index in [1.807, 2.05) is 37.3 Å². The first kappa shape index (κ1) is 15.2. The summed E-state index contributed by atoms with van der Waals surface area (Å²) >= 11 is 3.45. The molecule has 0 saturated heterocycles. The zero-order valence-corrected chi connectivity index (χ0v) is 13.4. The molecule has 106 valence electrons. The molecule has 2 rings (SSSR count). The molecule has 0 aliphatic rings. The fourth-order valence-corrected chi connectivity index (χ4v) is 2.45. The van der Waals surface area contributed by atoms with E-state index in [0.29, 0.717) is 0 Å². The Morgan fingerprint density at radius 1 is 0.900 bits per heavy atom. The van der Waals surface area contributed by atoms with Crippen LogP contribution in [0.15, 0.2) is 59.1 Å². The summed E-state index contributed by atoms with van der Waals surface area (Å²) in [6.07, 6.45) is -0.103. The van der Waals surface area contributed by atoms with Gasteiger partial charge in [0.05, 0.1) is 12.2 Å². The molecule has 0 fully saturated rings. The molecule has 0 saturated carbocycles. The van der Waals surface area contributed by atoms with Crippen molar-refractivity contribution in [3.05, 3.63) is 70.2 Å². The molecule has 20 heavy (non-hydrogen) atoms. The average molecular weight is 334 g/mol. The first-order valence-corrected chi connectivity index (χ1v) is 7.58. The van der Waals surface area contributed by atoms with Gasteiger partial charge < -0.3 is 10.5 Å². The molecule has 0 radical (unpaired) electrons. The third kappa shape index (κ3) is 3.92. The molecule has 0 bridgehead atoms. The fraction of sp³-hybridized carbons (Fsp3) is 0.294. The Morgan fingerprint density at radius 3 is 2.05 bits per heavy atom. The van der Waals surface area contributed by atoms with Crippen molar-refractivity contribution in [1.29, 1.82) is 0 Å². The average Bonchev–Trinajstić information content (AvgIpc) is 2.46. The summed E-state index contributed by atoms with van der Waals surface area (Å²) in [7, 11) is 0. The Bertz CT molecular complexity index is 524. The van der Waals surface area contributed by atoms with Gasteiger partial charge in [-0.25, -0.2) is 0 Å². The second-order valence-corrected chi connectivity index (χ2v) is 5.94. The third-order valence-corrected chi connectivity index (χ3v) is 3.82. The minimum Gasteiger partial charge on any atom is -0.364 e. The lowest BCUT2D eigenvalue weighted by Crippen LogP contribution is -2.27. The summed E-state index contributed by atoms with van der Waals surface area (Å²) in [4.78, 5) is 0. The van der Waals surface area contributed by atoms with E-state index in [9.17, 15) is 0 Å². The largest absolute Gasteiger partial charge is 0.364 e. The van der Waals surface area contributed by atoms with Crippen LogP contribution in [0.1, 0.15) is 37.2 Å². The molecule has 2 nitrogen and oxygen atoms in total. The van der Waals surface area contributed by atoms with Crippen LogP contribution in [0.3, 0.4) is 0 Å². The van der Waals surface area contributed by atoms with Crippen molar-refractivity contribution in [2.24, 2.45) is 5.73 Å². The Kier molecular flexibility index (Phi) is 5.35. The highest BCUT2D eigenvalue weighted by molar-refractivity contribution is 9.10. The Labute approximate surface area is 129 Å². The van der Waals surface area contributed by atoms with Crippen LogP contribution >= 0.6 is 15.9 Å². The lowest BCUT2D eigenvalue weighted by molar-refractivity contribution is -0.0162. The van der Waals surface area contributed by atoms with Gasteiger partial charge in [-0.1, -0.05) is 58.4 Å². The highest BCUT2D eigenvalue weighted by Crippen LogP contribution is 2.29. The van der Waals surface area contributed by atoms with Gasteiger partial charge in [-0.3, -0.25) is 0 Å². The molecule has 3 unspecified atom stereocenters. The number of hydrogen-bond acceptors (Lipinski definition) is 2. The smallest absolute Gasteiger partial charge is 0.0981 e. The van der Waals surface area contributed by atoms with Crippen molar-refractivity contribution in [1.82, 2.24) is 0 Å². The van der Waals surface area contributed by atoms with Gasteiger partial charge in [0.2, 0.25) is 0 Å². The fourth-order valence-electron chi connectivity index (χ4n) is 2.18. The predicted octanol–water partition coefficient (Wildman–Crippen LogP) is 4.62. The quantitative estimate of drug-likeness (QED) is 0.866. The molecular formula is C17H20BrNO. The maximum absolute atomic E-state index is 6.18. The summed E-state index contributed by atoms with van der Waals surface area (Å²) in [5.41, 5.74) is 8.36. The minimum absolute atomic E-state index is 0.0100. The van der Waals surface area contributed by atoms with Crippen LogP contribution in [-0.4, -0.2) is 6.04 Å².